The SMILES string of the molecule is Cc1c(Cl)cccc1Nc1c(N)cccc1C(N)=O. The van der Waals surface area contributed by atoms with Gasteiger partial charge in [0.05, 0.1) is 16.9 Å². The van der Waals surface area contributed by atoms with Crippen molar-refractivity contribution < 1.29 is 4.79 Å². The van der Waals surface area contributed by atoms with E-state index in [0.29, 0.717) is 22.0 Å². The molecule has 5 N–H and O–H groups in total. The summed E-state index contributed by atoms with van der Waals surface area (Å²) >= 11 is 6.06. The van der Waals surface area contributed by atoms with E-state index in [1.807, 2.05) is 19.1 Å². The number of hydrogen-bond acceptors (Lipinski definition) is 3. The quantitative estimate of drug-likeness (QED) is 0.753. The molecular weight excluding hydrogens is 262 g/mol. The number of hydrogen-bond donors (Lipinski definition) is 3. The highest BCUT2D eigenvalue weighted by Gasteiger charge is 2.12. The first-order valence-corrected chi connectivity index (χ1v) is 6.09. The van der Waals surface area contributed by atoms with Crippen molar-refractivity contribution in [3.05, 3.63) is 52.5 Å². The van der Waals surface area contributed by atoms with Gasteiger partial charge in [0, 0.05) is 10.7 Å². The molecule has 98 valence electrons. The number of anilines is 3. The molecular formula is C14H14ClN3O. The Bertz CT molecular complexity index is 641. The molecule has 2 aromatic carbocycles. The Morgan fingerprint density at radius 1 is 1.21 bits per heavy atom. The number of nitrogen functional groups attached to an aromatic ring is 1. The number of rotatable bonds is 3. The monoisotopic (exact) mass is 275 g/mol. The summed E-state index contributed by atoms with van der Waals surface area (Å²) in [5.41, 5.74) is 14.2. The lowest BCUT2D eigenvalue weighted by atomic mass is 10.1. The van der Waals surface area contributed by atoms with Gasteiger partial charge < -0.3 is 16.8 Å². The van der Waals surface area contributed by atoms with Gasteiger partial charge in [-0.1, -0.05) is 23.7 Å². The maximum Gasteiger partial charge on any atom is 0.250 e. The molecule has 0 heterocycles. The summed E-state index contributed by atoms with van der Waals surface area (Å²) in [7, 11) is 0. The predicted octanol–water partition coefficient (Wildman–Crippen LogP) is 3.07. The van der Waals surface area contributed by atoms with Crippen LogP contribution in [0.3, 0.4) is 0 Å². The zero-order valence-electron chi connectivity index (χ0n) is 10.4. The Balaban J connectivity index is 2.49. The van der Waals surface area contributed by atoms with Crippen LogP contribution >= 0.6 is 11.6 Å². The van der Waals surface area contributed by atoms with Crippen molar-refractivity contribution in [1.29, 1.82) is 0 Å². The topological polar surface area (TPSA) is 81.1 Å². The Morgan fingerprint density at radius 2 is 1.89 bits per heavy atom. The largest absolute Gasteiger partial charge is 0.397 e. The van der Waals surface area contributed by atoms with Crippen LogP contribution in [0.1, 0.15) is 15.9 Å². The van der Waals surface area contributed by atoms with Gasteiger partial charge in [0.1, 0.15) is 0 Å². The fraction of sp³-hybridized carbons (Fsp3) is 0.0714. The van der Waals surface area contributed by atoms with E-state index in [1.54, 1.807) is 24.3 Å². The van der Waals surface area contributed by atoms with E-state index in [4.69, 9.17) is 23.1 Å². The molecule has 0 aromatic heterocycles. The molecule has 0 atom stereocenters. The van der Waals surface area contributed by atoms with Gasteiger partial charge in [-0.25, -0.2) is 0 Å². The van der Waals surface area contributed by atoms with Gasteiger partial charge in [0.2, 0.25) is 0 Å². The first kappa shape index (κ1) is 13.2. The van der Waals surface area contributed by atoms with E-state index in [0.717, 1.165) is 11.3 Å². The van der Waals surface area contributed by atoms with Crippen LogP contribution in [0.4, 0.5) is 17.1 Å². The van der Waals surface area contributed by atoms with Crippen LogP contribution in [0.25, 0.3) is 0 Å². The van der Waals surface area contributed by atoms with Crippen LogP contribution in [0.5, 0.6) is 0 Å². The molecule has 0 spiro atoms. The lowest BCUT2D eigenvalue weighted by molar-refractivity contribution is 0.100. The smallest absolute Gasteiger partial charge is 0.250 e. The standard InChI is InChI=1S/C14H14ClN3O/c1-8-10(15)5-3-7-12(8)18-13-9(14(17)19)4-2-6-11(13)16/h2-7,18H,16H2,1H3,(H2,17,19). The van der Waals surface area contributed by atoms with Gasteiger partial charge in [-0.3, -0.25) is 4.79 Å². The average Bonchev–Trinajstić information content (AvgIpc) is 2.36. The van der Waals surface area contributed by atoms with Gasteiger partial charge in [0.25, 0.3) is 5.91 Å². The minimum absolute atomic E-state index is 0.347. The number of carbonyl (C=O) groups excluding carboxylic acids is 1. The Morgan fingerprint density at radius 3 is 2.58 bits per heavy atom. The summed E-state index contributed by atoms with van der Waals surface area (Å²) in [5.74, 6) is -0.533. The van der Waals surface area contributed by atoms with Crippen LogP contribution in [-0.4, -0.2) is 5.91 Å². The van der Waals surface area contributed by atoms with E-state index < -0.39 is 5.91 Å². The zero-order valence-corrected chi connectivity index (χ0v) is 11.2. The Kier molecular flexibility index (Phi) is 3.62. The maximum atomic E-state index is 11.4. The lowest BCUT2D eigenvalue weighted by Crippen LogP contribution is -2.14. The number of carbonyl (C=O) groups is 1. The van der Waals surface area contributed by atoms with Gasteiger partial charge >= 0.3 is 0 Å². The minimum Gasteiger partial charge on any atom is -0.397 e. The summed E-state index contributed by atoms with van der Waals surface area (Å²) in [6.07, 6.45) is 0. The van der Waals surface area contributed by atoms with E-state index >= 15 is 0 Å². The predicted molar refractivity (Wildman–Crippen MR) is 78.8 cm³/mol. The second kappa shape index (κ2) is 5.20. The van der Waals surface area contributed by atoms with Crippen molar-refractivity contribution in [2.24, 2.45) is 5.73 Å². The van der Waals surface area contributed by atoms with Crippen LogP contribution < -0.4 is 16.8 Å². The molecule has 0 unspecified atom stereocenters. The summed E-state index contributed by atoms with van der Waals surface area (Å²) in [6.45, 7) is 1.88. The molecule has 19 heavy (non-hydrogen) atoms. The van der Waals surface area contributed by atoms with Gasteiger partial charge in [-0.15, -0.1) is 0 Å². The molecule has 5 heteroatoms. The fourth-order valence-electron chi connectivity index (χ4n) is 1.79. The second-order valence-electron chi connectivity index (χ2n) is 4.17. The lowest BCUT2D eigenvalue weighted by Gasteiger charge is -2.15. The molecule has 0 aliphatic rings. The van der Waals surface area contributed by atoms with E-state index in [-0.39, 0.29) is 0 Å². The summed E-state index contributed by atoms with van der Waals surface area (Å²) in [6, 6.07) is 10.5. The third-order valence-corrected chi connectivity index (χ3v) is 3.30. The van der Waals surface area contributed by atoms with Gasteiger partial charge in [0.15, 0.2) is 0 Å². The summed E-state index contributed by atoms with van der Waals surface area (Å²) in [4.78, 5) is 11.4. The van der Waals surface area contributed by atoms with E-state index in [9.17, 15) is 4.79 Å². The first-order chi connectivity index (χ1) is 9.00. The molecule has 0 saturated carbocycles. The van der Waals surface area contributed by atoms with Crippen LogP contribution in [-0.2, 0) is 0 Å². The zero-order chi connectivity index (χ0) is 14.0. The molecule has 1 amide bonds. The highest BCUT2D eigenvalue weighted by Crippen LogP contribution is 2.31. The number of primary amides is 1. The molecule has 2 rings (SSSR count). The molecule has 2 aromatic rings. The molecule has 0 radical (unpaired) electrons. The Labute approximate surface area is 116 Å². The molecule has 0 bridgehead atoms. The number of benzene rings is 2. The van der Waals surface area contributed by atoms with Crippen LogP contribution in [0, 0.1) is 6.92 Å². The van der Waals surface area contributed by atoms with E-state index in [2.05, 4.69) is 5.32 Å². The molecule has 0 aliphatic heterocycles. The minimum atomic E-state index is -0.533. The maximum absolute atomic E-state index is 11.4. The normalized spacial score (nSPS) is 10.2. The highest BCUT2D eigenvalue weighted by molar-refractivity contribution is 6.31. The van der Waals surface area contributed by atoms with Crippen LogP contribution in [0.2, 0.25) is 5.02 Å². The number of halogens is 1. The molecule has 0 saturated heterocycles. The molecule has 0 aliphatic carbocycles. The van der Waals surface area contributed by atoms with Gasteiger partial charge in [-0.05, 0) is 36.8 Å². The van der Waals surface area contributed by atoms with Crippen molar-refractivity contribution in [1.82, 2.24) is 0 Å². The second-order valence-corrected chi connectivity index (χ2v) is 4.58. The van der Waals surface area contributed by atoms with Crippen molar-refractivity contribution in [3.8, 4) is 0 Å². The number of amides is 1. The summed E-state index contributed by atoms with van der Waals surface area (Å²) < 4.78 is 0. The first-order valence-electron chi connectivity index (χ1n) is 5.71. The summed E-state index contributed by atoms with van der Waals surface area (Å²) in [5, 5.41) is 3.76. The fourth-order valence-corrected chi connectivity index (χ4v) is 1.97. The van der Waals surface area contributed by atoms with Crippen molar-refractivity contribution in [2.75, 3.05) is 11.1 Å². The van der Waals surface area contributed by atoms with E-state index in [1.165, 1.54) is 0 Å². The van der Waals surface area contributed by atoms with Gasteiger partial charge in [-0.2, -0.15) is 0 Å². The van der Waals surface area contributed by atoms with Crippen molar-refractivity contribution in [3.63, 3.8) is 0 Å². The average molecular weight is 276 g/mol. The third kappa shape index (κ3) is 2.63. The van der Waals surface area contributed by atoms with Crippen molar-refractivity contribution in [2.45, 2.75) is 6.92 Å². The number of para-hydroxylation sites is 1. The third-order valence-electron chi connectivity index (χ3n) is 2.89. The number of nitrogens with two attached hydrogens (primary N) is 2. The number of nitrogens with one attached hydrogen (secondary N) is 1. The highest BCUT2D eigenvalue weighted by atomic mass is 35.5. The molecule has 0 fully saturated rings. The molecule has 4 nitrogen and oxygen atoms in total. The van der Waals surface area contributed by atoms with Crippen LogP contribution in [0.15, 0.2) is 36.4 Å². The van der Waals surface area contributed by atoms with Crippen molar-refractivity contribution >= 4 is 34.6 Å². The Hall–Kier alpha value is -2.20.